The summed E-state index contributed by atoms with van der Waals surface area (Å²) in [5, 5.41) is 17.6. The maximum atomic E-state index is 13.4. The summed E-state index contributed by atoms with van der Waals surface area (Å²) in [5.41, 5.74) is 0.236. The van der Waals surface area contributed by atoms with E-state index >= 15 is 0 Å². The molecule has 0 radical (unpaired) electrons. The van der Waals surface area contributed by atoms with Crippen molar-refractivity contribution in [1.29, 1.82) is 0 Å². The van der Waals surface area contributed by atoms with Crippen molar-refractivity contribution in [2.45, 2.75) is 57.2 Å². The van der Waals surface area contributed by atoms with Gasteiger partial charge in [0.25, 0.3) is 0 Å². The maximum Gasteiger partial charge on any atom is 0.461 e. The van der Waals surface area contributed by atoms with E-state index in [4.69, 9.17) is 11.6 Å². The van der Waals surface area contributed by atoms with Crippen LogP contribution in [0.5, 0.6) is 5.75 Å². The number of ether oxygens (including phenoxy) is 1. The largest absolute Gasteiger partial charge is 0.461 e. The van der Waals surface area contributed by atoms with E-state index < -0.39 is 35.7 Å². The highest BCUT2D eigenvalue weighted by Gasteiger charge is 2.44. The molecule has 0 aliphatic carbocycles. The molecule has 194 valence electrons. The lowest BCUT2D eigenvalue weighted by Gasteiger charge is -2.39. The number of nitrogens with one attached hydrogen (secondary N) is 2. The van der Waals surface area contributed by atoms with Gasteiger partial charge in [0.2, 0.25) is 0 Å². The Kier molecular flexibility index (Phi) is 8.61. The fourth-order valence-electron chi connectivity index (χ4n) is 3.77. The lowest BCUT2D eigenvalue weighted by Crippen LogP contribution is -2.59. The third-order valence-electron chi connectivity index (χ3n) is 5.28. The second-order valence-corrected chi connectivity index (χ2v) is 9.80. The molecule has 0 saturated heterocycles. The first kappa shape index (κ1) is 27.9. The number of halogens is 5. The van der Waals surface area contributed by atoms with Crippen molar-refractivity contribution in [1.82, 2.24) is 15.6 Å². The molecule has 0 spiro atoms. The van der Waals surface area contributed by atoms with Gasteiger partial charge in [0.1, 0.15) is 5.75 Å². The molecule has 0 aliphatic rings. The number of rotatable bonds is 10. The number of alkyl halides is 4. The van der Waals surface area contributed by atoms with Crippen LogP contribution >= 0.6 is 11.6 Å². The Bertz CT molecular complexity index is 1110. The van der Waals surface area contributed by atoms with E-state index in [1.165, 1.54) is 30.5 Å². The van der Waals surface area contributed by atoms with E-state index in [-0.39, 0.29) is 0 Å². The van der Waals surface area contributed by atoms with Crippen LogP contribution in [0.3, 0.4) is 0 Å². The van der Waals surface area contributed by atoms with E-state index in [1.807, 2.05) is 51.1 Å². The zero-order valence-corrected chi connectivity index (χ0v) is 20.7. The molecule has 36 heavy (non-hydrogen) atoms. The highest BCUT2D eigenvalue weighted by molar-refractivity contribution is 6.30. The minimum Gasteiger partial charge on any atom is -0.428 e. The summed E-state index contributed by atoms with van der Waals surface area (Å²) in [6, 6.07) is 18.0. The second kappa shape index (κ2) is 11.1. The van der Waals surface area contributed by atoms with Crippen LogP contribution in [0.4, 0.5) is 17.6 Å². The predicted molar refractivity (Wildman–Crippen MR) is 130 cm³/mol. The van der Waals surface area contributed by atoms with Gasteiger partial charge in [-0.05, 0) is 56.2 Å². The van der Waals surface area contributed by atoms with Gasteiger partial charge in [0.15, 0.2) is 6.35 Å². The molecule has 3 N–H and O–H groups in total. The Balaban J connectivity index is 2.12. The Morgan fingerprint density at radius 1 is 0.944 bits per heavy atom. The van der Waals surface area contributed by atoms with E-state index in [0.717, 1.165) is 5.56 Å². The number of hydrogen-bond donors (Lipinski definition) is 3. The average molecular weight is 526 g/mol. The smallest absolute Gasteiger partial charge is 0.428 e. The normalized spacial score (nSPS) is 14.9. The average Bonchev–Trinajstić information content (AvgIpc) is 2.78. The monoisotopic (exact) mass is 525 g/mol. The van der Waals surface area contributed by atoms with Gasteiger partial charge in [0, 0.05) is 18.2 Å². The van der Waals surface area contributed by atoms with Crippen molar-refractivity contribution in [3.63, 3.8) is 0 Å². The zero-order valence-electron chi connectivity index (χ0n) is 20.0. The molecule has 1 aromatic heterocycles. The molecule has 0 saturated carbocycles. The van der Waals surface area contributed by atoms with Gasteiger partial charge < -0.3 is 9.84 Å². The minimum atomic E-state index is -4.63. The van der Waals surface area contributed by atoms with Crippen molar-refractivity contribution in [3.8, 4) is 5.75 Å². The van der Waals surface area contributed by atoms with Gasteiger partial charge in [0.05, 0.1) is 16.3 Å². The molecule has 2 atom stereocenters. The van der Waals surface area contributed by atoms with Crippen LogP contribution < -0.4 is 15.4 Å². The molecule has 0 bridgehead atoms. The van der Waals surface area contributed by atoms with E-state index in [9.17, 15) is 22.7 Å². The van der Waals surface area contributed by atoms with Crippen LogP contribution in [0.15, 0.2) is 72.9 Å². The Morgan fingerprint density at radius 2 is 1.58 bits per heavy atom. The highest BCUT2D eigenvalue weighted by Crippen LogP contribution is 2.35. The van der Waals surface area contributed by atoms with Crippen LogP contribution in [-0.4, -0.2) is 34.5 Å². The summed E-state index contributed by atoms with van der Waals surface area (Å²) in [4.78, 5) is 4.49. The van der Waals surface area contributed by atoms with Crippen molar-refractivity contribution in [3.05, 3.63) is 94.8 Å². The van der Waals surface area contributed by atoms with E-state index in [1.54, 1.807) is 12.1 Å². The van der Waals surface area contributed by atoms with Gasteiger partial charge in [-0.25, -0.2) is 0 Å². The van der Waals surface area contributed by atoms with E-state index in [2.05, 4.69) is 20.4 Å². The summed E-state index contributed by atoms with van der Waals surface area (Å²) < 4.78 is 56.3. The first-order valence-corrected chi connectivity index (χ1v) is 11.5. The highest BCUT2D eigenvalue weighted by atomic mass is 35.5. The molecule has 1 heterocycles. The SMILES string of the molecule is CC(C)(C)NC(O)NC(Cc1ccccc1)(c1ccc(OC(F)(F)C(F)F)cc1)c1ccc(Cl)cn1. The van der Waals surface area contributed by atoms with Crippen LogP contribution in [0, 0.1) is 0 Å². The van der Waals surface area contributed by atoms with Gasteiger partial charge >= 0.3 is 12.5 Å². The molecule has 0 amide bonds. The molecule has 0 aliphatic heterocycles. The Morgan fingerprint density at radius 3 is 2.11 bits per heavy atom. The number of benzene rings is 2. The number of aliphatic hydroxyl groups excluding tert-OH is 1. The summed E-state index contributed by atoms with van der Waals surface area (Å²) >= 11 is 6.08. The molecule has 3 rings (SSSR count). The van der Waals surface area contributed by atoms with Crippen molar-refractivity contribution in [2.75, 3.05) is 0 Å². The fraction of sp³-hybridized carbons (Fsp3) is 0.346. The Labute approximate surface area is 212 Å². The standard InChI is InChI=1S/C26H28ClF4N3O2/c1-24(2,3)33-23(35)34-25(15-17-7-5-4-6-8-17,21-14-11-19(27)16-32-21)18-9-12-20(13-10-18)36-26(30,31)22(28)29/h4-14,16,22-23,33-35H,15H2,1-3H3. The summed E-state index contributed by atoms with van der Waals surface area (Å²) in [5.74, 6) is -0.435. The molecule has 10 heteroatoms. The number of nitrogens with zero attached hydrogens (tertiary/aromatic N) is 1. The zero-order chi connectivity index (χ0) is 26.6. The van der Waals surface area contributed by atoms with Crippen LogP contribution in [0.2, 0.25) is 5.02 Å². The quantitative estimate of drug-likeness (QED) is 0.234. The van der Waals surface area contributed by atoms with Gasteiger partial charge in [-0.1, -0.05) is 54.1 Å². The lowest BCUT2D eigenvalue weighted by atomic mass is 9.80. The number of aromatic nitrogens is 1. The molecular formula is C26H28ClF4N3O2. The predicted octanol–water partition coefficient (Wildman–Crippen LogP) is 5.71. The lowest BCUT2D eigenvalue weighted by molar-refractivity contribution is -0.253. The molecule has 5 nitrogen and oxygen atoms in total. The van der Waals surface area contributed by atoms with Crippen LogP contribution in [0.25, 0.3) is 0 Å². The van der Waals surface area contributed by atoms with Gasteiger partial charge in [-0.3, -0.25) is 15.6 Å². The molecule has 0 fully saturated rings. The van der Waals surface area contributed by atoms with Gasteiger partial charge in [-0.15, -0.1) is 0 Å². The molecular weight excluding hydrogens is 498 g/mol. The summed E-state index contributed by atoms with van der Waals surface area (Å²) in [6.07, 6.45) is -8.08. The molecule has 2 aromatic carbocycles. The number of pyridine rings is 1. The van der Waals surface area contributed by atoms with Gasteiger partial charge in [-0.2, -0.15) is 17.6 Å². The van der Waals surface area contributed by atoms with Crippen LogP contribution in [-0.2, 0) is 12.0 Å². The summed E-state index contributed by atoms with van der Waals surface area (Å²) in [6.45, 7) is 5.64. The first-order chi connectivity index (χ1) is 16.8. The van der Waals surface area contributed by atoms with Crippen molar-refractivity contribution < 1.29 is 27.4 Å². The van der Waals surface area contributed by atoms with Crippen molar-refractivity contribution in [2.24, 2.45) is 0 Å². The summed E-state index contributed by atoms with van der Waals surface area (Å²) in [7, 11) is 0. The maximum absolute atomic E-state index is 13.4. The molecule has 2 unspecified atom stereocenters. The fourth-order valence-corrected chi connectivity index (χ4v) is 3.88. The number of hydrogen-bond acceptors (Lipinski definition) is 5. The van der Waals surface area contributed by atoms with Crippen molar-refractivity contribution >= 4 is 11.6 Å². The molecule has 3 aromatic rings. The minimum absolute atomic E-state index is 0.290. The number of aliphatic hydroxyl groups is 1. The second-order valence-electron chi connectivity index (χ2n) is 9.36. The third kappa shape index (κ3) is 7.16. The van der Waals surface area contributed by atoms with Crippen LogP contribution in [0.1, 0.15) is 37.6 Å². The Hall–Kier alpha value is -2.72. The van der Waals surface area contributed by atoms with E-state index in [0.29, 0.717) is 22.7 Å². The third-order valence-corrected chi connectivity index (χ3v) is 5.51. The first-order valence-electron chi connectivity index (χ1n) is 11.2. The topological polar surface area (TPSA) is 66.4 Å².